The van der Waals surface area contributed by atoms with Gasteiger partial charge in [-0.15, -0.1) is 0 Å². The summed E-state index contributed by atoms with van der Waals surface area (Å²) in [6, 6.07) is 10.2. The van der Waals surface area contributed by atoms with Crippen LogP contribution >= 0.6 is 27.5 Å². The predicted molar refractivity (Wildman–Crippen MR) is 113 cm³/mol. The quantitative estimate of drug-likeness (QED) is 0.704. The third kappa shape index (κ3) is 4.72. The van der Waals surface area contributed by atoms with Crippen molar-refractivity contribution in [3.8, 4) is 0 Å². The van der Waals surface area contributed by atoms with Gasteiger partial charge in [-0.2, -0.15) is 0 Å². The Labute approximate surface area is 176 Å². The Bertz CT molecular complexity index is 948. The molecule has 1 aliphatic rings. The van der Waals surface area contributed by atoms with Crippen molar-refractivity contribution < 1.29 is 14.4 Å². The first kappa shape index (κ1) is 20.4. The maximum Gasteiger partial charge on any atom is 0.251 e. The molecular formula is C20H19BrClN3O3. The molecule has 0 bridgehead atoms. The Hall–Kier alpha value is -2.38. The second-order valence-electron chi connectivity index (χ2n) is 6.51. The maximum absolute atomic E-state index is 12.4. The van der Waals surface area contributed by atoms with Gasteiger partial charge in [-0.25, -0.2) is 0 Å². The summed E-state index contributed by atoms with van der Waals surface area (Å²) in [6.45, 7) is 2.29. The van der Waals surface area contributed by atoms with E-state index in [0.29, 0.717) is 34.9 Å². The fourth-order valence-corrected chi connectivity index (χ4v) is 3.68. The van der Waals surface area contributed by atoms with E-state index in [0.717, 1.165) is 16.5 Å². The highest BCUT2D eigenvalue weighted by Crippen LogP contribution is 2.30. The number of nitrogens with one attached hydrogen (secondary N) is 2. The molecule has 0 aromatic heterocycles. The Morgan fingerprint density at radius 3 is 2.68 bits per heavy atom. The van der Waals surface area contributed by atoms with E-state index in [9.17, 15) is 14.4 Å². The summed E-state index contributed by atoms with van der Waals surface area (Å²) >= 11 is 9.57. The van der Waals surface area contributed by atoms with Crippen LogP contribution in [0.2, 0.25) is 5.02 Å². The molecule has 0 saturated carbocycles. The van der Waals surface area contributed by atoms with Crippen LogP contribution in [0.25, 0.3) is 0 Å². The molecule has 1 heterocycles. The lowest BCUT2D eigenvalue weighted by atomic mass is 10.1. The summed E-state index contributed by atoms with van der Waals surface area (Å²) in [5, 5.41) is 5.77. The van der Waals surface area contributed by atoms with E-state index in [1.165, 1.54) is 0 Å². The zero-order valence-electron chi connectivity index (χ0n) is 15.2. The molecule has 6 nitrogen and oxygen atoms in total. The van der Waals surface area contributed by atoms with Gasteiger partial charge in [-0.1, -0.05) is 27.5 Å². The van der Waals surface area contributed by atoms with Gasteiger partial charge in [-0.3, -0.25) is 14.4 Å². The van der Waals surface area contributed by atoms with Crippen LogP contribution in [0.4, 0.5) is 11.4 Å². The van der Waals surface area contributed by atoms with Crippen molar-refractivity contribution in [2.45, 2.75) is 19.8 Å². The van der Waals surface area contributed by atoms with Crippen molar-refractivity contribution in [1.29, 1.82) is 0 Å². The number of hydrogen-bond donors (Lipinski definition) is 2. The normalized spacial score (nSPS) is 13.5. The SMILES string of the molecule is Cc1cc(Br)ccc1NC(=O)CNC(=O)c1ccc(Cl)c(N2CCCC2=O)c1. The molecule has 0 unspecified atom stereocenters. The van der Waals surface area contributed by atoms with Crippen LogP contribution in [-0.4, -0.2) is 30.8 Å². The third-order valence-corrected chi connectivity index (χ3v) is 5.26. The smallest absolute Gasteiger partial charge is 0.251 e. The number of hydrogen-bond acceptors (Lipinski definition) is 3. The molecule has 146 valence electrons. The minimum Gasteiger partial charge on any atom is -0.343 e. The molecule has 2 aromatic carbocycles. The summed E-state index contributed by atoms with van der Waals surface area (Å²) in [5.41, 5.74) is 2.45. The molecule has 0 radical (unpaired) electrons. The fourth-order valence-electron chi connectivity index (χ4n) is 2.99. The molecule has 0 atom stereocenters. The van der Waals surface area contributed by atoms with Gasteiger partial charge in [0, 0.05) is 28.7 Å². The topological polar surface area (TPSA) is 78.5 Å². The average Bonchev–Trinajstić information content (AvgIpc) is 3.08. The third-order valence-electron chi connectivity index (χ3n) is 4.44. The van der Waals surface area contributed by atoms with E-state index >= 15 is 0 Å². The van der Waals surface area contributed by atoms with Crippen molar-refractivity contribution >= 4 is 56.6 Å². The number of anilines is 2. The fraction of sp³-hybridized carbons (Fsp3) is 0.250. The summed E-state index contributed by atoms with van der Waals surface area (Å²) < 4.78 is 0.923. The number of halogens is 2. The Morgan fingerprint density at radius 1 is 1.21 bits per heavy atom. The molecule has 0 aliphatic carbocycles. The van der Waals surface area contributed by atoms with Gasteiger partial charge < -0.3 is 15.5 Å². The summed E-state index contributed by atoms with van der Waals surface area (Å²) in [5.74, 6) is -0.751. The van der Waals surface area contributed by atoms with Crippen molar-refractivity contribution in [3.63, 3.8) is 0 Å². The van der Waals surface area contributed by atoms with Crippen LogP contribution in [0.3, 0.4) is 0 Å². The lowest BCUT2D eigenvalue weighted by Crippen LogP contribution is -2.33. The number of amides is 3. The van der Waals surface area contributed by atoms with Crippen LogP contribution < -0.4 is 15.5 Å². The van der Waals surface area contributed by atoms with Gasteiger partial charge >= 0.3 is 0 Å². The van der Waals surface area contributed by atoms with E-state index < -0.39 is 5.91 Å². The van der Waals surface area contributed by atoms with Crippen molar-refractivity contribution in [3.05, 3.63) is 57.0 Å². The highest BCUT2D eigenvalue weighted by molar-refractivity contribution is 9.10. The molecule has 8 heteroatoms. The van der Waals surface area contributed by atoms with Gasteiger partial charge in [0.2, 0.25) is 11.8 Å². The first-order chi connectivity index (χ1) is 13.3. The first-order valence-electron chi connectivity index (χ1n) is 8.79. The van der Waals surface area contributed by atoms with Gasteiger partial charge in [-0.05, 0) is 55.3 Å². The highest BCUT2D eigenvalue weighted by atomic mass is 79.9. The Morgan fingerprint density at radius 2 is 2.00 bits per heavy atom. The summed E-state index contributed by atoms with van der Waals surface area (Å²) in [6.07, 6.45) is 1.24. The molecule has 0 spiro atoms. The zero-order chi connectivity index (χ0) is 20.3. The number of carbonyl (C=O) groups excluding carboxylic acids is 3. The lowest BCUT2D eigenvalue weighted by molar-refractivity contribution is -0.117. The number of nitrogens with zero attached hydrogens (tertiary/aromatic N) is 1. The van der Waals surface area contributed by atoms with Crippen LogP contribution in [0.15, 0.2) is 40.9 Å². The van der Waals surface area contributed by atoms with Crippen LogP contribution in [-0.2, 0) is 9.59 Å². The Balaban J connectivity index is 1.63. The zero-order valence-corrected chi connectivity index (χ0v) is 17.6. The van der Waals surface area contributed by atoms with E-state index in [4.69, 9.17) is 11.6 Å². The van der Waals surface area contributed by atoms with Gasteiger partial charge in [0.1, 0.15) is 0 Å². The van der Waals surface area contributed by atoms with Gasteiger partial charge in [0.25, 0.3) is 5.91 Å². The molecule has 1 fully saturated rings. The van der Waals surface area contributed by atoms with Crippen LogP contribution in [0.5, 0.6) is 0 Å². The van der Waals surface area contributed by atoms with Crippen molar-refractivity contribution in [1.82, 2.24) is 5.32 Å². The second-order valence-corrected chi connectivity index (χ2v) is 7.83. The molecular weight excluding hydrogens is 446 g/mol. The second kappa shape index (κ2) is 8.75. The molecule has 2 aromatic rings. The largest absolute Gasteiger partial charge is 0.343 e. The van der Waals surface area contributed by atoms with Crippen molar-refractivity contribution in [2.75, 3.05) is 23.3 Å². The van der Waals surface area contributed by atoms with E-state index in [1.54, 1.807) is 29.2 Å². The molecule has 3 amide bonds. The number of aryl methyl sites for hydroxylation is 1. The monoisotopic (exact) mass is 463 g/mol. The molecule has 3 rings (SSSR count). The van der Waals surface area contributed by atoms with E-state index in [-0.39, 0.29) is 18.4 Å². The molecule has 2 N–H and O–H groups in total. The highest BCUT2D eigenvalue weighted by Gasteiger charge is 2.24. The first-order valence-corrected chi connectivity index (χ1v) is 9.96. The number of benzene rings is 2. The minimum absolute atomic E-state index is 0.0105. The number of carbonyl (C=O) groups is 3. The summed E-state index contributed by atoms with van der Waals surface area (Å²) in [4.78, 5) is 38.1. The van der Waals surface area contributed by atoms with Crippen LogP contribution in [0.1, 0.15) is 28.8 Å². The van der Waals surface area contributed by atoms with E-state index in [2.05, 4.69) is 26.6 Å². The molecule has 1 aliphatic heterocycles. The van der Waals surface area contributed by atoms with Gasteiger partial charge in [0.15, 0.2) is 0 Å². The standard InChI is InChI=1S/C20H19BrClN3O3/c1-12-9-14(21)5-7-16(12)24-18(26)11-23-20(28)13-4-6-15(22)17(10-13)25-8-2-3-19(25)27/h4-7,9-10H,2-3,8,11H2,1H3,(H,23,28)(H,24,26). The van der Waals surface area contributed by atoms with Gasteiger partial charge in [0.05, 0.1) is 17.3 Å². The van der Waals surface area contributed by atoms with Crippen LogP contribution in [0, 0.1) is 6.92 Å². The molecule has 1 saturated heterocycles. The van der Waals surface area contributed by atoms with E-state index in [1.807, 2.05) is 19.1 Å². The predicted octanol–water partition coefficient (Wildman–Crippen LogP) is 3.91. The minimum atomic E-state index is -0.410. The number of rotatable bonds is 5. The summed E-state index contributed by atoms with van der Waals surface area (Å²) in [7, 11) is 0. The lowest BCUT2D eigenvalue weighted by Gasteiger charge is -2.18. The maximum atomic E-state index is 12.4. The average molecular weight is 465 g/mol. The van der Waals surface area contributed by atoms with Crippen molar-refractivity contribution in [2.24, 2.45) is 0 Å². The Kier molecular flexibility index (Phi) is 6.36. The molecule has 28 heavy (non-hydrogen) atoms.